The van der Waals surface area contributed by atoms with Gasteiger partial charge in [-0.05, 0) is 62.2 Å². The van der Waals surface area contributed by atoms with Gasteiger partial charge in [-0.25, -0.2) is 0 Å². The monoisotopic (exact) mass is 316 g/mol. The van der Waals surface area contributed by atoms with Crippen molar-refractivity contribution in [1.29, 1.82) is 0 Å². The number of carbonyl (C=O) groups excluding carboxylic acids is 1. The summed E-state index contributed by atoms with van der Waals surface area (Å²) >= 11 is 0. The minimum absolute atomic E-state index is 0.116. The fourth-order valence-corrected chi connectivity index (χ4v) is 2.61. The quantitative estimate of drug-likeness (QED) is 0.474. The Morgan fingerprint density at radius 3 is 2.30 bits per heavy atom. The van der Waals surface area contributed by atoms with Crippen molar-refractivity contribution in [3.63, 3.8) is 0 Å². The first-order chi connectivity index (χ1) is 10.8. The van der Waals surface area contributed by atoms with Gasteiger partial charge in [0.15, 0.2) is 0 Å². The fraction of sp³-hybridized carbons (Fsp3) is 0.667. The predicted molar refractivity (Wildman–Crippen MR) is 96.0 cm³/mol. The normalized spacial score (nSPS) is 33.5. The lowest BCUT2D eigenvalue weighted by Gasteiger charge is -2.21. The minimum atomic E-state index is -0.180. The number of rotatable bonds is 1. The molecule has 0 saturated heterocycles. The zero-order valence-electron chi connectivity index (χ0n) is 15.8. The third kappa shape index (κ3) is 5.90. The minimum Gasteiger partial charge on any atom is -0.457 e. The second-order valence-electron chi connectivity index (χ2n) is 7.11. The second kappa shape index (κ2) is 8.96. The van der Waals surface area contributed by atoms with Crippen molar-refractivity contribution in [2.24, 2.45) is 23.7 Å². The average Bonchev–Trinajstić information content (AvgIpc) is 2.52. The van der Waals surface area contributed by atoms with Crippen LogP contribution in [0.1, 0.15) is 61.3 Å². The average molecular weight is 316 g/mol. The smallest absolute Gasteiger partial charge is 0.309 e. The number of allylic oxidation sites excluding steroid dienone is 1. The van der Waals surface area contributed by atoms with E-state index in [0.717, 1.165) is 18.4 Å². The van der Waals surface area contributed by atoms with E-state index in [0.29, 0.717) is 11.8 Å². The zero-order valence-corrected chi connectivity index (χ0v) is 15.8. The standard InChI is InChI=1S/C21H32O2/c1-8-20-17(5)12-11-15(3)18(6)13-14(2)9-10-16(4)19(7)21(22)23-20/h10-11,15-16,18-20H,8,13H2,1-7H3/t9?,12?,15-,16+,18-,19-,20-/m1/s1. The first kappa shape index (κ1) is 19.6. The predicted octanol–water partition coefficient (Wildman–Crippen LogP) is 5.46. The highest BCUT2D eigenvalue weighted by molar-refractivity contribution is 5.73. The lowest BCUT2D eigenvalue weighted by molar-refractivity contribution is -0.153. The van der Waals surface area contributed by atoms with E-state index in [-0.39, 0.29) is 23.9 Å². The number of cyclic esters (lactones) is 1. The van der Waals surface area contributed by atoms with Gasteiger partial charge in [-0.1, -0.05) is 34.6 Å². The molecular formula is C21H32O2. The highest BCUT2D eigenvalue weighted by atomic mass is 16.5. The first-order valence-corrected chi connectivity index (χ1v) is 8.82. The van der Waals surface area contributed by atoms with Gasteiger partial charge in [0.25, 0.3) is 0 Å². The van der Waals surface area contributed by atoms with E-state index in [1.54, 1.807) is 0 Å². The Kier molecular flexibility index (Phi) is 7.62. The zero-order chi connectivity index (χ0) is 17.6. The molecule has 0 N–H and O–H groups in total. The van der Waals surface area contributed by atoms with Gasteiger partial charge in [-0.15, -0.1) is 11.5 Å². The summed E-state index contributed by atoms with van der Waals surface area (Å²) in [6, 6.07) is 0. The van der Waals surface area contributed by atoms with Gasteiger partial charge >= 0.3 is 5.97 Å². The van der Waals surface area contributed by atoms with E-state index >= 15 is 0 Å². The van der Waals surface area contributed by atoms with Crippen molar-refractivity contribution in [2.45, 2.75) is 67.4 Å². The van der Waals surface area contributed by atoms with Crippen molar-refractivity contribution in [3.8, 4) is 0 Å². The Bertz CT molecular complexity index is 542. The highest BCUT2D eigenvalue weighted by Gasteiger charge is 2.23. The van der Waals surface area contributed by atoms with Crippen LogP contribution in [-0.2, 0) is 9.53 Å². The van der Waals surface area contributed by atoms with Gasteiger partial charge < -0.3 is 4.74 Å². The molecular weight excluding hydrogens is 284 g/mol. The van der Waals surface area contributed by atoms with Crippen molar-refractivity contribution in [2.75, 3.05) is 0 Å². The summed E-state index contributed by atoms with van der Waals surface area (Å²) in [5.74, 6) is 0.772. The molecule has 1 heterocycles. The van der Waals surface area contributed by atoms with Crippen molar-refractivity contribution >= 4 is 5.97 Å². The maximum absolute atomic E-state index is 12.4. The summed E-state index contributed by atoms with van der Waals surface area (Å²) in [4.78, 5) is 12.4. The van der Waals surface area contributed by atoms with Gasteiger partial charge in [0.2, 0.25) is 0 Å². The molecule has 0 spiro atoms. The first-order valence-electron chi connectivity index (χ1n) is 8.82. The van der Waals surface area contributed by atoms with Crippen LogP contribution in [0.3, 0.4) is 0 Å². The molecule has 5 atom stereocenters. The maximum Gasteiger partial charge on any atom is 0.309 e. The van der Waals surface area contributed by atoms with E-state index < -0.39 is 0 Å². The molecule has 0 aromatic carbocycles. The molecule has 0 radical (unpaired) electrons. The van der Waals surface area contributed by atoms with E-state index in [4.69, 9.17) is 4.74 Å². The molecule has 2 heteroatoms. The molecule has 0 aromatic rings. The second-order valence-corrected chi connectivity index (χ2v) is 7.11. The van der Waals surface area contributed by atoms with Crippen LogP contribution in [0.15, 0.2) is 34.8 Å². The molecule has 0 bridgehead atoms. The van der Waals surface area contributed by atoms with Crippen LogP contribution in [0.5, 0.6) is 0 Å². The van der Waals surface area contributed by atoms with Crippen LogP contribution < -0.4 is 0 Å². The van der Waals surface area contributed by atoms with Gasteiger partial charge in [-0.3, -0.25) is 4.79 Å². The van der Waals surface area contributed by atoms with E-state index in [2.05, 4.69) is 38.3 Å². The van der Waals surface area contributed by atoms with Crippen molar-refractivity contribution < 1.29 is 9.53 Å². The lowest BCUT2D eigenvalue weighted by Crippen LogP contribution is -2.26. The number of ether oxygens (including phenoxy) is 1. The molecule has 1 aliphatic rings. The number of hydrogen-bond donors (Lipinski definition) is 0. The SMILES string of the molecule is CC[C@H]1OC(=O)[C@H](C)[C@@H](C)C=C=C(C)C[C@@H](C)[C@H](C)C=C=C1C. The Morgan fingerprint density at radius 2 is 1.70 bits per heavy atom. The Labute approximate surface area is 142 Å². The Morgan fingerprint density at radius 1 is 1.09 bits per heavy atom. The molecule has 128 valence electrons. The van der Waals surface area contributed by atoms with Crippen LogP contribution >= 0.6 is 0 Å². The van der Waals surface area contributed by atoms with E-state index in [1.165, 1.54) is 5.57 Å². The van der Waals surface area contributed by atoms with Gasteiger partial charge in [-0.2, -0.15) is 0 Å². The largest absolute Gasteiger partial charge is 0.457 e. The summed E-state index contributed by atoms with van der Waals surface area (Å²) in [6.07, 6.45) is 5.74. The Hall–Kier alpha value is -1.49. The summed E-state index contributed by atoms with van der Waals surface area (Å²) in [6.45, 7) is 14.6. The molecule has 0 aliphatic carbocycles. The van der Waals surface area contributed by atoms with Crippen LogP contribution in [0.4, 0.5) is 0 Å². The van der Waals surface area contributed by atoms with Crippen LogP contribution in [0, 0.1) is 23.7 Å². The van der Waals surface area contributed by atoms with Crippen molar-refractivity contribution in [1.82, 2.24) is 0 Å². The van der Waals surface area contributed by atoms with Crippen LogP contribution in [0.25, 0.3) is 0 Å². The summed E-state index contributed by atoms with van der Waals surface area (Å²) in [7, 11) is 0. The topological polar surface area (TPSA) is 26.3 Å². The summed E-state index contributed by atoms with van der Waals surface area (Å²) in [5.41, 5.74) is 8.95. The third-order valence-corrected chi connectivity index (χ3v) is 4.96. The molecule has 1 aliphatic heterocycles. The molecule has 0 fully saturated rings. The molecule has 0 aromatic heterocycles. The summed E-state index contributed by atoms with van der Waals surface area (Å²) < 4.78 is 5.72. The maximum atomic E-state index is 12.4. The fourth-order valence-electron chi connectivity index (χ4n) is 2.61. The van der Waals surface area contributed by atoms with Crippen LogP contribution in [-0.4, -0.2) is 12.1 Å². The van der Waals surface area contributed by atoms with E-state index in [1.807, 2.05) is 33.8 Å². The number of hydrogen-bond acceptors (Lipinski definition) is 2. The summed E-state index contributed by atoms with van der Waals surface area (Å²) in [5, 5.41) is 0. The van der Waals surface area contributed by atoms with Gasteiger partial charge in [0, 0.05) is 5.57 Å². The van der Waals surface area contributed by atoms with Gasteiger partial charge in [0.05, 0.1) is 5.92 Å². The van der Waals surface area contributed by atoms with Gasteiger partial charge in [0.1, 0.15) is 6.10 Å². The number of carbonyl (C=O) groups is 1. The molecule has 2 nitrogen and oxygen atoms in total. The molecule has 0 saturated carbocycles. The molecule has 0 amide bonds. The van der Waals surface area contributed by atoms with Crippen LogP contribution in [0.2, 0.25) is 0 Å². The van der Waals surface area contributed by atoms with E-state index in [9.17, 15) is 4.79 Å². The molecule has 1 rings (SSSR count). The Balaban J connectivity index is 3.22. The van der Waals surface area contributed by atoms with Crippen molar-refractivity contribution in [3.05, 3.63) is 34.8 Å². The number of esters is 1. The molecule has 0 unspecified atom stereocenters. The third-order valence-electron chi connectivity index (χ3n) is 4.96. The lowest BCUT2D eigenvalue weighted by atomic mass is 9.89. The highest BCUT2D eigenvalue weighted by Crippen LogP contribution is 2.23. The molecule has 23 heavy (non-hydrogen) atoms.